The van der Waals surface area contributed by atoms with Gasteiger partial charge in [0.15, 0.2) is 0 Å². The Balaban J connectivity index is 1.89. The van der Waals surface area contributed by atoms with E-state index in [1.54, 1.807) is 5.38 Å². The van der Waals surface area contributed by atoms with Crippen LogP contribution in [0.5, 0.6) is 0 Å². The first-order chi connectivity index (χ1) is 12.0. The maximum absolute atomic E-state index is 14.2. The van der Waals surface area contributed by atoms with E-state index in [9.17, 15) is 18.4 Å². The summed E-state index contributed by atoms with van der Waals surface area (Å²) in [6.45, 7) is 7.41. The maximum Gasteiger partial charge on any atom is 0.325 e. The third-order valence-corrected chi connectivity index (χ3v) is 5.57. The Kier molecular flexibility index (Phi) is 4.34. The average Bonchev–Trinajstić information content (AvgIpc) is 3.10. The highest BCUT2D eigenvalue weighted by Gasteiger charge is 2.50. The van der Waals surface area contributed by atoms with Crippen molar-refractivity contribution in [2.75, 3.05) is 0 Å². The van der Waals surface area contributed by atoms with Crippen LogP contribution in [0.15, 0.2) is 23.6 Å². The van der Waals surface area contributed by atoms with Gasteiger partial charge in [-0.3, -0.25) is 9.69 Å². The Morgan fingerprint density at radius 3 is 2.58 bits per heavy atom. The minimum atomic E-state index is -1.66. The maximum atomic E-state index is 14.2. The summed E-state index contributed by atoms with van der Waals surface area (Å²) >= 11 is 1.45. The van der Waals surface area contributed by atoms with Gasteiger partial charge >= 0.3 is 6.03 Å². The van der Waals surface area contributed by atoms with Gasteiger partial charge in [-0.05, 0) is 25.1 Å². The monoisotopic (exact) mass is 379 g/mol. The van der Waals surface area contributed by atoms with Crippen LogP contribution < -0.4 is 5.32 Å². The predicted molar refractivity (Wildman–Crippen MR) is 93.6 cm³/mol. The number of nitrogens with zero attached hydrogens (tertiary/aromatic N) is 2. The number of imide groups is 1. The number of aromatic nitrogens is 1. The van der Waals surface area contributed by atoms with Crippen molar-refractivity contribution in [1.29, 1.82) is 0 Å². The molecule has 1 unspecified atom stereocenters. The number of benzene rings is 1. The molecule has 1 saturated heterocycles. The Labute approximate surface area is 154 Å². The summed E-state index contributed by atoms with van der Waals surface area (Å²) in [6, 6.07) is 2.17. The van der Waals surface area contributed by atoms with Crippen molar-refractivity contribution >= 4 is 23.3 Å². The normalized spacial score (nSPS) is 20.6. The third-order valence-electron chi connectivity index (χ3n) is 4.26. The Bertz CT molecular complexity index is 891. The lowest BCUT2D eigenvalue weighted by molar-refractivity contribution is -0.131. The summed E-state index contributed by atoms with van der Waals surface area (Å²) in [5.74, 6) is -2.08. The fourth-order valence-electron chi connectivity index (χ4n) is 2.79. The molecule has 1 atom stereocenters. The van der Waals surface area contributed by atoms with E-state index in [1.807, 2.05) is 20.8 Å². The number of hydrogen-bond donors (Lipinski definition) is 1. The van der Waals surface area contributed by atoms with Crippen LogP contribution in [-0.2, 0) is 22.3 Å². The Hall–Kier alpha value is -2.35. The number of halogens is 2. The SMILES string of the molecule is CC(C)(C)c1nc(CN2C(=O)NC(C)(c3cc(F)ccc3F)C2=O)cs1. The minimum Gasteiger partial charge on any atom is -0.319 e. The molecule has 1 N–H and O–H groups in total. The van der Waals surface area contributed by atoms with E-state index >= 15 is 0 Å². The van der Waals surface area contributed by atoms with Crippen LogP contribution in [0, 0.1) is 11.6 Å². The van der Waals surface area contributed by atoms with Crippen molar-refractivity contribution < 1.29 is 18.4 Å². The van der Waals surface area contributed by atoms with E-state index in [4.69, 9.17) is 0 Å². The molecule has 0 radical (unpaired) electrons. The second-order valence-corrected chi connectivity index (χ2v) is 8.32. The molecule has 0 aliphatic carbocycles. The highest BCUT2D eigenvalue weighted by molar-refractivity contribution is 7.09. The highest BCUT2D eigenvalue weighted by atomic mass is 32.1. The van der Waals surface area contributed by atoms with Crippen LogP contribution in [0.3, 0.4) is 0 Å². The molecular weight excluding hydrogens is 360 g/mol. The molecule has 2 aromatic rings. The average molecular weight is 379 g/mol. The molecule has 26 heavy (non-hydrogen) atoms. The fraction of sp³-hybridized carbons (Fsp3) is 0.389. The molecule has 3 amide bonds. The molecule has 1 aromatic heterocycles. The number of urea groups is 1. The van der Waals surface area contributed by atoms with E-state index in [2.05, 4.69) is 10.3 Å². The largest absolute Gasteiger partial charge is 0.325 e. The summed E-state index contributed by atoms with van der Waals surface area (Å²) in [5.41, 5.74) is -1.43. The van der Waals surface area contributed by atoms with Crippen LogP contribution in [0.25, 0.3) is 0 Å². The number of amides is 3. The first-order valence-corrected chi connectivity index (χ1v) is 8.95. The van der Waals surface area contributed by atoms with Gasteiger partial charge in [-0.15, -0.1) is 11.3 Å². The lowest BCUT2D eigenvalue weighted by atomic mass is 9.91. The molecule has 1 fully saturated rings. The first kappa shape index (κ1) is 18.4. The van der Waals surface area contributed by atoms with E-state index in [0.717, 1.165) is 28.1 Å². The predicted octanol–water partition coefficient (Wildman–Crippen LogP) is 3.69. The van der Waals surface area contributed by atoms with Crippen molar-refractivity contribution in [3.63, 3.8) is 0 Å². The molecule has 138 valence electrons. The summed E-state index contributed by atoms with van der Waals surface area (Å²) in [7, 11) is 0. The zero-order chi connectivity index (χ0) is 19.3. The highest BCUT2D eigenvalue weighted by Crippen LogP contribution is 2.32. The van der Waals surface area contributed by atoms with Gasteiger partial charge in [0.05, 0.1) is 17.2 Å². The molecule has 0 bridgehead atoms. The van der Waals surface area contributed by atoms with Gasteiger partial charge < -0.3 is 5.32 Å². The van der Waals surface area contributed by atoms with Crippen LogP contribution in [-0.4, -0.2) is 21.8 Å². The summed E-state index contributed by atoms with van der Waals surface area (Å²) in [4.78, 5) is 30.6. The van der Waals surface area contributed by atoms with Crippen LogP contribution in [0.4, 0.5) is 13.6 Å². The number of hydrogen-bond acceptors (Lipinski definition) is 4. The summed E-state index contributed by atoms with van der Waals surface area (Å²) in [6.07, 6.45) is 0. The molecule has 0 spiro atoms. The van der Waals surface area contributed by atoms with Gasteiger partial charge in [-0.1, -0.05) is 20.8 Å². The fourth-order valence-corrected chi connectivity index (χ4v) is 3.69. The second kappa shape index (κ2) is 6.12. The van der Waals surface area contributed by atoms with E-state index in [1.165, 1.54) is 18.3 Å². The van der Waals surface area contributed by atoms with E-state index < -0.39 is 29.1 Å². The van der Waals surface area contributed by atoms with E-state index in [-0.39, 0.29) is 17.5 Å². The number of thiazole rings is 1. The number of carbonyl (C=O) groups excluding carboxylic acids is 2. The Morgan fingerprint density at radius 2 is 1.96 bits per heavy atom. The smallest absolute Gasteiger partial charge is 0.319 e. The van der Waals surface area contributed by atoms with Crippen LogP contribution in [0.1, 0.15) is 44.0 Å². The second-order valence-electron chi connectivity index (χ2n) is 7.46. The van der Waals surface area contributed by atoms with Crippen molar-refractivity contribution in [3.05, 3.63) is 51.5 Å². The van der Waals surface area contributed by atoms with Gasteiger partial charge in [-0.25, -0.2) is 18.6 Å². The molecule has 1 aromatic carbocycles. The van der Waals surface area contributed by atoms with Crippen molar-refractivity contribution in [1.82, 2.24) is 15.2 Å². The molecule has 0 saturated carbocycles. The van der Waals surface area contributed by atoms with Gasteiger partial charge in [0.1, 0.15) is 17.2 Å². The lowest BCUT2D eigenvalue weighted by Crippen LogP contribution is -2.41. The molecule has 3 rings (SSSR count). The van der Waals surface area contributed by atoms with Gasteiger partial charge in [0.25, 0.3) is 5.91 Å². The van der Waals surface area contributed by atoms with Gasteiger partial charge in [0.2, 0.25) is 0 Å². The molecular formula is C18H19F2N3O2S. The number of rotatable bonds is 3. The van der Waals surface area contributed by atoms with Crippen molar-refractivity contribution in [2.24, 2.45) is 0 Å². The molecule has 1 aliphatic heterocycles. The zero-order valence-corrected chi connectivity index (χ0v) is 15.7. The van der Waals surface area contributed by atoms with Crippen LogP contribution >= 0.6 is 11.3 Å². The Morgan fingerprint density at radius 1 is 1.27 bits per heavy atom. The summed E-state index contributed by atoms with van der Waals surface area (Å²) < 4.78 is 27.7. The van der Waals surface area contributed by atoms with Gasteiger partial charge in [0, 0.05) is 16.4 Å². The molecule has 2 heterocycles. The molecule has 1 aliphatic rings. The lowest BCUT2D eigenvalue weighted by Gasteiger charge is -2.22. The standard InChI is InChI=1S/C18H19F2N3O2S/c1-17(2,3)14-21-11(9-26-14)8-23-15(24)18(4,22-16(23)25)12-7-10(19)5-6-13(12)20/h5-7,9H,8H2,1-4H3,(H,22,25). The van der Waals surface area contributed by atoms with Crippen molar-refractivity contribution in [2.45, 2.75) is 45.2 Å². The van der Waals surface area contributed by atoms with E-state index in [0.29, 0.717) is 5.69 Å². The number of nitrogens with one attached hydrogen (secondary N) is 1. The minimum absolute atomic E-state index is 0.0240. The molecule has 8 heteroatoms. The first-order valence-electron chi connectivity index (χ1n) is 8.07. The summed E-state index contributed by atoms with van der Waals surface area (Å²) in [5, 5.41) is 5.16. The third kappa shape index (κ3) is 3.09. The van der Waals surface area contributed by atoms with Crippen LogP contribution in [0.2, 0.25) is 0 Å². The molecule has 5 nitrogen and oxygen atoms in total. The van der Waals surface area contributed by atoms with Gasteiger partial charge in [-0.2, -0.15) is 0 Å². The quantitative estimate of drug-likeness (QED) is 0.828. The van der Waals surface area contributed by atoms with Crippen molar-refractivity contribution in [3.8, 4) is 0 Å². The topological polar surface area (TPSA) is 62.3 Å². The number of carbonyl (C=O) groups is 2. The zero-order valence-electron chi connectivity index (χ0n) is 14.9.